The average Bonchev–Trinajstić information content (AvgIpc) is 3.78. The average molecular weight is 531 g/mol. The zero-order chi connectivity index (χ0) is 27.1. The van der Waals surface area contributed by atoms with Crippen LogP contribution >= 0.6 is 0 Å². The molecule has 41 heavy (non-hydrogen) atoms. The van der Waals surface area contributed by atoms with E-state index in [-0.39, 0.29) is 0 Å². The van der Waals surface area contributed by atoms with Crippen LogP contribution in [-0.2, 0) is 13.5 Å². The predicted molar refractivity (Wildman–Crippen MR) is 167 cm³/mol. The molecular formula is C35H26N6. The van der Waals surface area contributed by atoms with Gasteiger partial charge in [0.25, 0.3) is 0 Å². The Bertz CT molecular complexity index is 2250. The van der Waals surface area contributed by atoms with Crippen molar-refractivity contribution in [3.8, 4) is 11.6 Å². The molecule has 5 aromatic heterocycles. The maximum absolute atomic E-state index is 5.38. The third-order valence-corrected chi connectivity index (χ3v) is 8.54. The number of fused-ring (bicyclic) bond motifs is 7. The van der Waals surface area contributed by atoms with Gasteiger partial charge in [0.05, 0.1) is 16.6 Å². The minimum absolute atomic E-state index is 0.878. The summed E-state index contributed by atoms with van der Waals surface area (Å²) in [6.07, 6.45) is 3.07. The Hall–Kier alpha value is -5.36. The largest absolute Gasteiger partial charge is 0.337 e. The lowest BCUT2D eigenvalue weighted by Crippen LogP contribution is -2.17. The van der Waals surface area contributed by atoms with E-state index >= 15 is 0 Å². The first-order valence-electron chi connectivity index (χ1n) is 14.0. The second-order valence-electron chi connectivity index (χ2n) is 10.8. The molecule has 3 aromatic carbocycles. The van der Waals surface area contributed by atoms with Crippen LogP contribution in [0.4, 0.5) is 11.6 Å². The highest BCUT2D eigenvalue weighted by Gasteiger charge is 2.25. The second kappa shape index (κ2) is 8.32. The lowest BCUT2D eigenvalue weighted by atomic mass is 10.2. The van der Waals surface area contributed by atoms with E-state index in [2.05, 4.69) is 141 Å². The van der Waals surface area contributed by atoms with Crippen LogP contribution in [0.5, 0.6) is 0 Å². The highest BCUT2D eigenvalue weighted by molar-refractivity contribution is 6.10. The first-order valence-corrected chi connectivity index (χ1v) is 14.0. The first kappa shape index (κ1) is 22.5. The molecule has 196 valence electrons. The number of hydrogen-bond donors (Lipinski definition) is 0. The molecule has 9 rings (SSSR count). The fourth-order valence-corrected chi connectivity index (χ4v) is 6.67. The van der Waals surface area contributed by atoms with Crippen LogP contribution in [0.25, 0.3) is 55.4 Å². The Morgan fingerprint density at radius 2 is 1.17 bits per heavy atom. The molecule has 0 spiro atoms. The van der Waals surface area contributed by atoms with E-state index in [0.29, 0.717) is 0 Å². The summed E-state index contributed by atoms with van der Waals surface area (Å²) in [5.74, 6) is 3.95. The Morgan fingerprint density at radius 3 is 1.85 bits per heavy atom. The monoisotopic (exact) mass is 530 g/mol. The van der Waals surface area contributed by atoms with E-state index in [1.54, 1.807) is 0 Å². The predicted octanol–water partition coefficient (Wildman–Crippen LogP) is 7.70. The van der Waals surface area contributed by atoms with E-state index in [1.165, 1.54) is 21.7 Å². The van der Waals surface area contributed by atoms with Gasteiger partial charge in [-0.25, -0.2) is 9.97 Å². The van der Waals surface area contributed by atoms with Crippen LogP contribution in [-0.4, -0.2) is 30.2 Å². The van der Waals surface area contributed by atoms with Gasteiger partial charge in [0.1, 0.15) is 28.9 Å². The molecule has 0 bridgehead atoms. The molecule has 0 saturated heterocycles. The highest BCUT2D eigenvalue weighted by atomic mass is 15.3. The van der Waals surface area contributed by atoms with Crippen molar-refractivity contribution in [2.75, 3.05) is 11.4 Å². The van der Waals surface area contributed by atoms with Crippen molar-refractivity contribution >= 4 is 55.4 Å². The Kier molecular flexibility index (Phi) is 4.56. The Balaban J connectivity index is 1.31. The van der Waals surface area contributed by atoms with Gasteiger partial charge in [-0.05, 0) is 60.5 Å². The number of anilines is 2. The SMILES string of the molecule is Cn1cccc1N1CCc2ccc(-n3c4ccccc4c4ccc(-n5c6ccccc6c6ccccc65)nc43)nc21. The molecule has 6 nitrogen and oxygen atoms in total. The Morgan fingerprint density at radius 1 is 0.561 bits per heavy atom. The summed E-state index contributed by atoms with van der Waals surface area (Å²) in [6, 6.07) is 38.7. The van der Waals surface area contributed by atoms with E-state index in [9.17, 15) is 0 Å². The van der Waals surface area contributed by atoms with Crippen LogP contribution in [0.15, 0.2) is 115 Å². The lowest BCUT2D eigenvalue weighted by Gasteiger charge is -2.20. The molecule has 6 heterocycles. The van der Waals surface area contributed by atoms with Crippen molar-refractivity contribution < 1.29 is 0 Å². The first-order chi connectivity index (χ1) is 20.3. The summed E-state index contributed by atoms with van der Waals surface area (Å²) < 4.78 is 6.66. The maximum atomic E-state index is 5.38. The number of pyridine rings is 2. The molecule has 0 radical (unpaired) electrons. The summed E-state index contributed by atoms with van der Waals surface area (Å²) in [6.45, 7) is 0.924. The van der Waals surface area contributed by atoms with Crippen LogP contribution < -0.4 is 4.90 Å². The van der Waals surface area contributed by atoms with Crippen LogP contribution in [0, 0.1) is 0 Å². The van der Waals surface area contributed by atoms with Gasteiger partial charge in [-0.1, -0.05) is 60.7 Å². The molecule has 0 aliphatic carbocycles. The number of nitrogens with zero attached hydrogens (tertiary/aromatic N) is 6. The fourth-order valence-electron chi connectivity index (χ4n) is 6.67. The molecule has 0 amide bonds. The topological polar surface area (TPSA) is 43.8 Å². The standard InChI is InChI=1S/C35H26N6/c1-38-21-8-15-33(38)39-22-20-23-16-18-32(36-34(23)39)41-30-14-7-4-11-26(30)27-17-19-31(37-35(27)41)40-28-12-5-2-9-24(28)25-10-3-6-13-29(25)40/h2-19,21H,20,22H2,1H3. The molecule has 0 atom stereocenters. The van der Waals surface area contributed by atoms with Crippen molar-refractivity contribution in [3.05, 3.63) is 121 Å². The minimum atomic E-state index is 0.878. The summed E-state index contributed by atoms with van der Waals surface area (Å²) in [4.78, 5) is 13.0. The molecular weight excluding hydrogens is 504 g/mol. The number of benzene rings is 3. The maximum Gasteiger partial charge on any atom is 0.149 e. The lowest BCUT2D eigenvalue weighted by molar-refractivity contribution is 0.864. The van der Waals surface area contributed by atoms with Gasteiger partial charge < -0.3 is 9.47 Å². The molecule has 8 aromatic rings. The summed E-state index contributed by atoms with van der Waals surface area (Å²) in [5.41, 5.74) is 5.58. The smallest absolute Gasteiger partial charge is 0.149 e. The van der Waals surface area contributed by atoms with Gasteiger partial charge in [-0.3, -0.25) is 9.13 Å². The third-order valence-electron chi connectivity index (χ3n) is 8.54. The zero-order valence-corrected chi connectivity index (χ0v) is 22.6. The van der Waals surface area contributed by atoms with Crippen molar-refractivity contribution in [1.82, 2.24) is 23.7 Å². The minimum Gasteiger partial charge on any atom is -0.337 e. The van der Waals surface area contributed by atoms with Crippen molar-refractivity contribution in [3.63, 3.8) is 0 Å². The quantitative estimate of drug-likeness (QED) is 0.235. The van der Waals surface area contributed by atoms with Gasteiger partial charge in [0.15, 0.2) is 0 Å². The van der Waals surface area contributed by atoms with Crippen LogP contribution in [0.1, 0.15) is 5.56 Å². The molecule has 1 aliphatic rings. The molecule has 6 heteroatoms. The molecule has 0 N–H and O–H groups in total. The van der Waals surface area contributed by atoms with E-state index in [0.717, 1.165) is 63.8 Å². The van der Waals surface area contributed by atoms with Crippen molar-refractivity contribution in [2.45, 2.75) is 6.42 Å². The van der Waals surface area contributed by atoms with E-state index in [1.807, 2.05) is 0 Å². The Labute approximate surface area is 236 Å². The van der Waals surface area contributed by atoms with Crippen LogP contribution in [0.3, 0.4) is 0 Å². The summed E-state index contributed by atoms with van der Waals surface area (Å²) in [5, 5.41) is 4.75. The van der Waals surface area contributed by atoms with Crippen molar-refractivity contribution in [2.24, 2.45) is 7.05 Å². The van der Waals surface area contributed by atoms with Gasteiger partial charge >= 0.3 is 0 Å². The molecule has 0 unspecified atom stereocenters. The van der Waals surface area contributed by atoms with Gasteiger partial charge in [-0.2, -0.15) is 0 Å². The van der Waals surface area contributed by atoms with Gasteiger partial charge in [0.2, 0.25) is 0 Å². The number of hydrogen-bond acceptors (Lipinski definition) is 3. The van der Waals surface area contributed by atoms with Gasteiger partial charge in [0, 0.05) is 41.3 Å². The zero-order valence-electron chi connectivity index (χ0n) is 22.6. The number of rotatable bonds is 3. The van der Waals surface area contributed by atoms with Crippen LogP contribution in [0.2, 0.25) is 0 Å². The molecule has 0 saturated carbocycles. The molecule has 0 fully saturated rings. The second-order valence-corrected chi connectivity index (χ2v) is 10.8. The third kappa shape index (κ3) is 3.13. The van der Waals surface area contributed by atoms with Crippen molar-refractivity contribution in [1.29, 1.82) is 0 Å². The fraction of sp³-hybridized carbons (Fsp3) is 0.0857. The summed E-state index contributed by atoms with van der Waals surface area (Å²) >= 11 is 0. The molecule has 1 aliphatic heterocycles. The number of aryl methyl sites for hydroxylation is 1. The van der Waals surface area contributed by atoms with Gasteiger partial charge in [-0.15, -0.1) is 0 Å². The number of para-hydroxylation sites is 3. The normalized spacial score (nSPS) is 13.2. The van der Waals surface area contributed by atoms with E-state index < -0.39 is 0 Å². The van der Waals surface area contributed by atoms with E-state index in [4.69, 9.17) is 9.97 Å². The highest BCUT2D eigenvalue weighted by Crippen LogP contribution is 2.37. The summed E-state index contributed by atoms with van der Waals surface area (Å²) in [7, 11) is 2.09. The number of aromatic nitrogens is 5.